The molecule has 0 radical (unpaired) electrons. The molecule has 174 valence electrons. The fraction of sp³-hybridized carbons (Fsp3) is 0.364. The summed E-state index contributed by atoms with van der Waals surface area (Å²) in [6, 6.07) is 7.36. The number of carbonyl (C=O) groups is 1. The number of benzene rings is 1. The third-order valence-electron chi connectivity index (χ3n) is 5.16. The number of aliphatic imine (C=N–C) groups is 1. The standard InChI is InChI=1S/C22H27N7O4/c1-32-9-7-29-8-10-33-16-4-2-3-15(11-16)25-12-17-19-20(24-6-5-23-18(30)13-29)26-14-27-21(19)28-22(17)31/h2-4,11-12,14,31H,5-10,13H2,1H3,(H,23,30)(H2,24,26,27,28). The summed E-state index contributed by atoms with van der Waals surface area (Å²) in [4.78, 5) is 30.3. The van der Waals surface area contributed by atoms with Crippen LogP contribution in [0.3, 0.4) is 0 Å². The lowest BCUT2D eigenvalue weighted by atomic mass is 10.2. The zero-order valence-corrected chi connectivity index (χ0v) is 18.4. The van der Waals surface area contributed by atoms with Crippen LogP contribution in [0.15, 0.2) is 35.6 Å². The van der Waals surface area contributed by atoms with E-state index in [4.69, 9.17) is 9.47 Å². The Hall–Kier alpha value is -3.70. The largest absolute Gasteiger partial charge is 0.494 e. The summed E-state index contributed by atoms with van der Waals surface area (Å²) >= 11 is 0. The number of aromatic nitrogens is 3. The number of H-pyrrole nitrogens is 1. The fourth-order valence-electron chi connectivity index (χ4n) is 3.51. The number of fused-ring (bicyclic) bond motifs is 2. The first-order valence-corrected chi connectivity index (χ1v) is 10.7. The summed E-state index contributed by atoms with van der Waals surface area (Å²) in [6.07, 6.45) is 2.97. The molecule has 4 rings (SSSR count). The molecule has 0 spiro atoms. The van der Waals surface area contributed by atoms with E-state index >= 15 is 0 Å². The number of aromatic hydroxyl groups is 1. The highest BCUT2D eigenvalue weighted by molar-refractivity contribution is 6.06. The number of ether oxygens (including phenoxy) is 2. The van der Waals surface area contributed by atoms with Crippen molar-refractivity contribution in [3.63, 3.8) is 0 Å². The van der Waals surface area contributed by atoms with Gasteiger partial charge in [-0.2, -0.15) is 0 Å². The van der Waals surface area contributed by atoms with Gasteiger partial charge in [-0.05, 0) is 12.1 Å². The van der Waals surface area contributed by atoms with Crippen molar-refractivity contribution in [2.75, 3.05) is 58.4 Å². The first kappa shape index (κ1) is 22.5. The predicted octanol–water partition coefficient (Wildman–Crippen LogP) is 1.28. The minimum absolute atomic E-state index is 0.0523. The normalized spacial score (nSPS) is 15.8. The molecule has 1 amide bonds. The second kappa shape index (κ2) is 10.7. The van der Waals surface area contributed by atoms with Gasteiger partial charge in [0.05, 0.1) is 29.8 Å². The topological polar surface area (TPSA) is 137 Å². The second-order valence-corrected chi connectivity index (χ2v) is 7.48. The maximum Gasteiger partial charge on any atom is 0.234 e. The molecule has 11 nitrogen and oxygen atoms in total. The van der Waals surface area contributed by atoms with E-state index in [2.05, 4.69) is 30.6 Å². The lowest BCUT2D eigenvalue weighted by molar-refractivity contribution is -0.122. The molecule has 3 aromatic rings. The second-order valence-electron chi connectivity index (χ2n) is 7.48. The summed E-state index contributed by atoms with van der Waals surface area (Å²) in [5.41, 5.74) is 1.62. The highest BCUT2D eigenvalue weighted by Gasteiger charge is 2.16. The van der Waals surface area contributed by atoms with Crippen molar-refractivity contribution in [1.29, 1.82) is 0 Å². The van der Waals surface area contributed by atoms with Crippen LogP contribution in [0.5, 0.6) is 11.6 Å². The zero-order chi connectivity index (χ0) is 23.0. The Morgan fingerprint density at radius 1 is 1.24 bits per heavy atom. The van der Waals surface area contributed by atoms with E-state index in [9.17, 15) is 9.90 Å². The number of hydrogen-bond donors (Lipinski definition) is 4. The van der Waals surface area contributed by atoms with Gasteiger partial charge < -0.3 is 30.2 Å². The van der Waals surface area contributed by atoms with Crippen molar-refractivity contribution < 1.29 is 19.4 Å². The smallest absolute Gasteiger partial charge is 0.234 e. The van der Waals surface area contributed by atoms with Crippen LogP contribution in [-0.2, 0) is 9.53 Å². The summed E-state index contributed by atoms with van der Waals surface area (Å²) in [5.74, 6) is 1.06. The lowest BCUT2D eigenvalue weighted by Gasteiger charge is -2.21. The maximum absolute atomic E-state index is 12.4. The number of nitrogens with zero attached hydrogens (tertiary/aromatic N) is 4. The Morgan fingerprint density at radius 3 is 3.00 bits per heavy atom. The molecule has 4 N–H and O–H groups in total. The SMILES string of the molecule is COCCN1CCOc2cccc(c2)N=Cc2c(O)[nH]c3ncnc(c23)NCCNC(=O)C1. The predicted molar refractivity (Wildman–Crippen MR) is 125 cm³/mol. The van der Waals surface area contributed by atoms with Gasteiger partial charge in [-0.1, -0.05) is 6.07 Å². The van der Waals surface area contributed by atoms with Crippen molar-refractivity contribution in [1.82, 2.24) is 25.2 Å². The zero-order valence-electron chi connectivity index (χ0n) is 18.4. The van der Waals surface area contributed by atoms with Gasteiger partial charge in [-0.15, -0.1) is 0 Å². The number of anilines is 1. The van der Waals surface area contributed by atoms with Crippen LogP contribution in [0.1, 0.15) is 5.56 Å². The molecule has 1 aliphatic heterocycles. The molecular formula is C22H27N7O4. The maximum atomic E-state index is 12.4. The van der Waals surface area contributed by atoms with Gasteiger partial charge in [0.1, 0.15) is 30.1 Å². The molecule has 0 atom stereocenters. The van der Waals surface area contributed by atoms with E-state index < -0.39 is 0 Å². The molecule has 1 aromatic carbocycles. The van der Waals surface area contributed by atoms with Crippen LogP contribution < -0.4 is 15.4 Å². The number of amides is 1. The fourth-order valence-corrected chi connectivity index (χ4v) is 3.51. The third-order valence-corrected chi connectivity index (χ3v) is 5.16. The Bertz CT molecular complexity index is 1130. The van der Waals surface area contributed by atoms with Gasteiger partial charge in [-0.25, -0.2) is 9.97 Å². The third kappa shape index (κ3) is 5.76. The highest BCUT2D eigenvalue weighted by atomic mass is 16.5. The number of hydrogen-bond acceptors (Lipinski definition) is 9. The number of carbonyl (C=O) groups excluding carboxylic acids is 1. The molecular weight excluding hydrogens is 426 g/mol. The Balaban J connectivity index is 1.63. The van der Waals surface area contributed by atoms with Gasteiger partial charge >= 0.3 is 0 Å². The Labute approximate surface area is 190 Å². The van der Waals surface area contributed by atoms with Crippen LogP contribution in [-0.4, -0.2) is 90.1 Å². The van der Waals surface area contributed by atoms with Crippen LogP contribution in [0.25, 0.3) is 11.0 Å². The number of aromatic amines is 1. The van der Waals surface area contributed by atoms with E-state index in [0.29, 0.717) is 73.2 Å². The molecule has 1 aliphatic rings. The van der Waals surface area contributed by atoms with Crippen molar-refractivity contribution in [3.05, 3.63) is 36.2 Å². The first-order chi connectivity index (χ1) is 16.1. The van der Waals surface area contributed by atoms with Crippen molar-refractivity contribution >= 4 is 34.7 Å². The van der Waals surface area contributed by atoms with Crippen molar-refractivity contribution in [2.24, 2.45) is 4.99 Å². The molecule has 0 unspecified atom stereocenters. The summed E-state index contributed by atoms with van der Waals surface area (Å²) < 4.78 is 11.1. The molecule has 3 heterocycles. The quantitative estimate of drug-likeness (QED) is 0.466. The molecule has 2 aromatic heterocycles. The van der Waals surface area contributed by atoms with Crippen LogP contribution in [0.2, 0.25) is 0 Å². The number of nitrogens with one attached hydrogen (secondary N) is 3. The number of rotatable bonds is 3. The van der Waals surface area contributed by atoms with Gasteiger partial charge in [-0.3, -0.25) is 14.7 Å². The molecule has 33 heavy (non-hydrogen) atoms. The van der Waals surface area contributed by atoms with Crippen LogP contribution in [0, 0.1) is 0 Å². The monoisotopic (exact) mass is 453 g/mol. The minimum atomic E-state index is -0.0871. The molecule has 0 aliphatic carbocycles. The Kier molecular flexibility index (Phi) is 7.33. The molecule has 0 saturated heterocycles. The summed E-state index contributed by atoms with van der Waals surface area (Å²) in [6.45, 7) is 3.22. The molecule has 0 saturated carbocycles. The molecule has 11 heteroatoms. The van der Waals surface area contributed by atoms with E-state index in [1.807, 2.05) is 29.2 Å². The van der Waals surface area contributed by atoms with Crippen LogP contribution >= 0.6 is 0 Å². The van der Waals surface area contributed by atoms with E-state index in [-0.39, 0.29) is 18.3 Å². The van der Waals surface area contributed by atoms with E-state index in [1.165, 1.54) is 6.33 Å². The van der Waals surface area contributed by atoms with Crippen molar-refractivity contribution in [2.45, 2.75) is 0 Å². The van der Waals surface area contributed by atoms with Crippen molar-refractivity contribution in [3.8, 4) is 11.6 Å². The minimum Gasteiger partial charge on any atom is -0.494 e. The van der Waals surface area contributed by atoms with Gasteiger partial charge in [0.25, 0.3) is 0 Å². The van der Waals surface area contributed by atoms with Crippen LogP contribution in [0.4, 0.5) is 11.5 Å². The van der Waals surface area contributed by atoms with Gasteiger partial charge in [0.2, 0.25) is 5.91 Å². The first-order valence-electron chi connectivity index (χ1n) is 10.7. The number of methoxy groups -OCH3 is 1. The highest BCUT2D eigenvalue weighted by Crippen LogP contribution is 2.30. The molecule has 2 bridgehead atoms. The average Bonchev–Trinajstić information content (AvgIpc) is 3.14. The van der Waals surface area contributed by atoms with E-state index in [1.54, 1.807) is 13.3 Å². The Morgan fingerprint density at radius 2 is 2.12 bits per heavy atom. The summed E-state index contributed by atoms with van der Waals surface area (Å²) in [5, 5.41) is 17.1. The van der Waals surface area contributed by atoms with Gasteiger partial charge in [0, 0.05) is 45.6 Å². The van der Waals surface area contributed by atoms with E-state index in [0.717, 1.165) is 0 Å². The summed E-state index contributed by atoms with van der Waals surface area (Å²) in [7, 11) is 1.64. The van der Waals surface area contributed by atoms with Gasteiger partial charge in [0.15, 0.2) is 5.88 Å². The lowest BCUT2D eigenvalue weighted by Crippen LogP contribution is -2.41. The molecule has 0 fully saturated rings. The average molecular weight is 454 g/mol.